The predicted octanol–water partition coefficient (Wildman–Crippen LogP) is 4.85. The Kier molecular flexibility index (Phi) is 8.78. The molecule has 0 aliphatic carbocycles. The Morgan fingerprint density at radius 3 is 2.22 bits per heavy atom. The van der Waals surface area contributed by atoms with Gasteiger partial charge in [-0.05, 0) is 56.7 Å². The number of rotatable bonds is 9. The fraction of sp³-hybridized carbons (Fsp3) is 0.417. The topological polar surface area (TPSA) is 88.7 Å². The summed E-state index contributed by atoms with van der Waals surface area (Å²) in [7, 11) is 1.53. The maximum Gasteiger partial charge on any atom is 0.258 e. The van der Waals surface area contributed by atoms with Crippen molar-refractivity contribution < 1.29 is 19.1 Å². The van der Waals surface area contributed by atoms with Gasteiger partial charge in [-0.3, -0.25) is 9.59 Å². The Morgan fingerprint density at radius 1 is 1.03 bits per heavy atom. The fourth-order valence-corrected chi connectivity index (χ4v) is 2.96. The first-order valence-electron chi connectivity index (χ1n) is 10.4. The lowest BCUT2D eigenvalue weighted by atomic mass is 10.1. The highest BCUT2D eigenvalue weighted by atomic mass is 35.5. The third-order valence-electron chi connectivity index (χ3n) is 4.37. The average Bonchev–Trinajstić information content (AvgIpc) is 2.71. The molecule has 0 heterocycles. The van der Waals surface area contributed by atoms with E-state index in [1.807, 2.05) is 58.9 Å². The molecule has 0 fully saturated rings. The number of hydrogen-bond donors (Lipinski definition) is 3. The largest absolute Gasteiger partial charge is 0.493 e. The quantitative estimate of drug-likeness (QED) is 0.496. The van der Waals surface area contributed by atoms with Gasteiger partial charge in [0.05, 0.1) is 7.11 Å². The zero-order valence-corrected chi connectivity index (χ0v) is 20.2. The summed E-state index contributed by atoms with van der Waals surface area (Å²) in [5.74, 6) is 0.555. The molecule has 0 aromatic heterocycles. The van der Waals surface area contributed by atoms with Gasteiger partial charge in [0.2, 0.25) is 5.91 Å². The fourth-order valence-electron chi connectivity index (χ4n) is 2.74. The molecule has 32 heavy (non-hydrogen) atoms. The minimum Gasteiger partial charge on any atom is -0.493 e. The summed E-state index contributed by atoms with van der Waals surface area (Å²) < 4.78 is 11.0. The second-order valence-corrected chi connectivity index (χ2v) is 9.16. The van der Waals surface area contributed by atoms with Crippen molar-refractivity contribution in [3.05, 3.63) is 47.0 Å². The highest BCUT2D eigenvalue weighted by molar-refractivity contribution is 6.31. The molecule has 0 bridgehead atoms. The number of ether oxygens (including phenoxy) is 2. The maximum absolute atomic E-state index is 12.0. The van der Waals surface area contributed by atoms with Gasteiger partial charge < -0.3 is 25.4 Å². The molecule has 0 saturated heterocycles. The number of carbonyl (C=O) groups excluding carboxylic acids is 2. The summed E-state index contributed by atoms with van der Waals surface area (Å²) in [5, 5.41) is 9.48. The molecule has 0 aliphatic rings. The van der Waals surface area contributed by atoms with Crippen molar-refractivity contribution in [3.63, 3.8) is 0 Å². The van der Waals surface area contributed by atoms with E-state index in [1.54, 1.807) is 12.1 Å². The number of hydrogen-bond acceptors (Lipinski definition) is 5. The number of benzene rings is 2. The molecule has 0 spiro atoms. The molecule has 3 N–H and O–H groups in total. The Bertz CT molecular complexity index is 937. The SMILES string of the molecule is COc1cc(CNc2ccc(NC(=O)C(C)C)cc2)c(Cl)cc1OCC(=O)NC(C)(C)C. The molecule has 8 heteroatoms. The molecule has 0 atom stereocenters. The zero-order valence-electron chi connectivity index (χ0n) is 19.5. The number of anilines is 2. The Hall–Kier alpha value is -2.93. The second-order valence-electron chi connectivity index (χ2n) is 8.76. The van der Waals surface area contributed by atoms with Crippen LogP contribution in [0.25, 0.3) is 0 Å². The van der Waals surface area contributed by atoms with E-state index in [-0.39, 0.29) is 29.9 Å². The average molecular weight is 462 g/mol. The van der Waals surface area contributed by atoms with E-state index in [4.69, 9.17) is 21.1 Å². The van der Waals surface area contributed by atoms with Crippen LogP contribution in [0.1, 0.15) is 40.2 Å². The van der Waals surface area contributed by atoms with Gasteiger partial charge in [0, 0.05) is 40.5 Å². The van der Waals surface area contributed by atoms with Crippen LogP contribution < -0.4 is 25.4 Å². The van der Waals surface area contributed by atoms with Crippen molar-refractivity contribution in [2.75, 3.05) is 24.4 Å². The van der Waals surface area contributed by atoms with Crippen LogP contribution in [0.5, 0.6) is 11.5 Å². The number of nitrogens with one attached hydrogen (secondary N) is 3. The van der Waals surface area contributed by atoms with Crippen LogP contribution in [-0.2, 0) is 16.1 Å². The summed E-state index contributed by atoms with van der Waals surface area (Å²) in [6, 6.07) is 10.9. The van der Waals surface area contributed by atoms with Crippen LogP contribution in [0.2, 0.25) is 5.02 Å². The minimum absolute atomic E-state index is 0.0252. The zero-order chi connectivity index (χ0) is 23.9. The molecule has 2 amide bonds. The number of halogens is 1. The molecular formula is C24H32ClN3O4. The Morgan fingerprint density at radius 2 is 1.66 bits per heavy atom. The van der Waals surface area contributed by atoms with Gasteiger partial charge in [-0.2, -0.15) is 0 Å². The van der Waals surface area contributed by atoms with Gasteiger partial charge in [0.15, 0.2) is 18.1 Å². The highest BCUT2D eigenvalue weighted by Crippen LogP contribution is 2.34. The van der Waals surface area contributed by atoms with Gasteiger partial charge in [0.1, 0.15) is 0 Å². The van der Waals surface area contributed by atoms with Gasteiger partial charge in [-0.15, -0.1) is 0 Å². The van der Waals surface area contributed by atoms with Crippen molar-refractivity contribution in [2.24, 2.45) is 5.92 Å². The summed E-state index contributed by atoms with van der Waals surface area (Å²) in [4.78, 5) is 23.8. The van der Waals surface area contributed by atoms with E-state index < -0.39 is 0 Å². The van der Waals surface area contributed by atoms with E-state index in [0.717, 1.165) is 16.9 Å². The number of carbonyl (C=O) groups is 2. The van der Waals surface area contributed by atoms with Crippen LogP contribution in [-0.4, -0.2) is 31.1 Å². The van der Waals surface area contributed by atoms with Crippen LogP contribution in [0.3, 0.4) is 0 Å². The first-order chi connectivity index (χ1) is 15.0. The van der Waals surface area contributed by atoms with Crippen molar-refractivity contribution in [3.8, 4) is 11.5 Å². The summed E-state index contributed by atoms with van der Waals surface area (Å²) >= 11 is 6.43. The van der Waals surface area contributed by atoms with Gasteiger partial charge in [0.25, 0.3) is 5.91 Å². The van der Waals surface area contributed by atoms with Gasteiger partial charge in [-0.25, -0.2) is 0 Å². The van der Waals surface area contributed by atoms with E-state index in [9.17, 15) is 9.59 Å². The van der Waals surface area contributed by atoms with E-state index in [0.29, 0.717) is 23.1 Å². The van der Waals surface area contributed by atoms with Crippen LogP contribution in [0.4, 0.5) is 11.4 Å². The van der Waals surface area contributed by atoms with Gasteiger partial charge in [-0.1, -0.05) is 25.4 Å². The lowest BCUT2D eigenvalue weighted by Gasteiger charge is -2.21. The summed E-state index contributed by atoms with van der Waals surface area (Å²) in [6.07, 6.45) is 0. The molecule has 2 aromatic rings. The normalized spacial score (nSPS) is 11.1. The van der Waals surface area contributed by atoms with Crippen LogP contribution in [0.15, 0.2) is 36.4 Å². The van der Waals surface area contributed by atoms with Crippen molar-refractivity contribution >= 4 is 34.8 Å². The molecule has 174 valence electrons. The van der Waals surface area contributed by atoms with E-state index in [1.165, 1.54) is 7.11 Å². The van der Waals surface area contributed by atoms with Crippen molar-refractivity contribution in [1.82, 2.24) is 5.32 Å². The molecule has 0 unspecified atom stereocenters. The lowest BCUT2D eigenvalue weighted by Crippen LogP contribution is -2.43. The molecule has 2 rings (SSSR count). The lowest BCUT2D eigenvalue weighted by molar-refractivity contribution is -0.124. The minimum atomic E-state index is -0.337. The molecule has 0 aliphatic heterocycles. The molecular weight excluding hydrogens is 430 g/mol. The van der Waals surface area contributed by atoms with Crippen LogP contribution >= 0.6 is 11.6 Å². The predicted molar refractivity (Wildman–Crippen MR) is 129 cm³/mol. The number of methoxy groups -OCH3 is 1. The maximum atomic E-state index is 12.0. The van der Waals surface area contributed by atoms with Gasteiger partial charge >= 0.3 is 0 Å². The monoisotopic (exact) mass is 461 g/mol. The van der Waals surface area contributed by atoms with Crippen LogP contribution in [0, 0.1) is 5.92 Å². The molecule has 7 nitrogen and oxygen atoms in total. The van der Waals surface area contributed by atoms with Crippen molar-refractivity contribution in [2.45, 2.75) is 46.7 Å². The van der Waals surface area contributed by atoms with E-state index >= 15 is 0 Å². The standard InChI is InChI=1S/C24H32ClN3O4/c1-15(2)23(30)27-18-9-7-17(8-10-18)26-13-16-11-20(31-6)21(12-19(16)25)32-14-22(29)28-24(3,4)5/h7-12,15,26H,13-14H2,1-6H3,(H,27,30)(H,28,29). The third-order valence-corrected chi connectivity index (χ3v) is 4.72. The highest BCUT2D eigenvalue weighted by Gasteiger charge is 2.16. The molecule has 2 aromatic carbocycles. The van der Waals surface area contributed by atoms with Crippen molar-refractivity contribution in [1.29, 1.82) is 0 Å². The smallest absolute Gasteiger partial charge is 0.258 e. The molecule has 0 radical (unpaired) electrons. The Balaban J connectivity index is 2.00. The Labute approximate surface area is 194 Å². The first-order valence-corrected chi connectivity index (χ1v) is 10.8. The number of amides is 2. The van der Waals surface area contributed by atoms with E-state index in [2.05, 4.69) is 16.0 Å². The first kappa shape index (κ1) is 25.3. The third kappa shape index (κ3) is 7.96. The second kappa shape index (κ2) is 11.1. The molecule has 0 saturated carbocycles. The summed E-state index contributed by atoms with van der Waals surface area (Å²) in [5.41, 5.74) is 2.09. The summed E-state index contributed by atoms with van der Waals surface area (Å²) in [6.45, 7) is 9.72.